The number of aliphatic imine (C=N–C) groups is 1. The predicted octanol–water partition coefficient (Wildman–Crippen LogP) is 3.28. The average molecular weight is 355 g/mol. The number of hydrogen-bond acceptors (Lipinski definition) is 3. The van der Waals surface area contributed by atoms with E-state index >= 15 is 0 Å². The summed E-state index contributed by atoms with van der Waals surface area (Å²) in [5.74, 6) is 1.64. The molecule has 5 heteroatoms. The Kier molecular flexibility index (Phi) is 8.49. The summed E-state index contributed by atoms with van der Waals surface area (Å²) in [7, 11) is 1.67. The summed E-state index contributed by atoms with van der Waals surface area (Å²) in [6.07, 6.45) is 0. The van der Waals surface area contributed by atoms with Gasteiger partial charge in [0.05, 0.1) is 13.2 Å². The van der Waals surface area contributed by atoms with E-state index in [2.05, 4.69) is 59.8 Å². The first kappa shape index (κ1) is 19.8. The number of guanidine groups is 1. The van der Waals surface area contributed by atoms with E-state index in [9.17, 15) is 0 Å². The summed E-state index contributed by atoms with van der Waals surface area (Å²) in [6.45, 7) is 7.43. The number of nitrogens with one attached hydrogen (secondary N) is 2. The Hall–Kier alpha value is -2.53. The molecule has 2 N–H and O–H groups in total. The van der Waals surface area contributed by atoms with Gasteiger partial charge in [0.15, 0.2) is 5.96 Å². The fraction of sp³-hybridized carbons (Fsp3) is 0.381. The predicted molar refractivity (Wildman–Crippen MR) is 107 cm³/mol. The van der Waals surface area contributed by atoms with Crippen LogP contribution in [0.5, 0.6) is 5.75 Å². The van der Waals surface area contributed by atoms with Crippen molar-refractivity contribution in [3.05, 3.63) is 65.2 Å². The van der Waals surface area contributed by atoms with Gasteiger partial charge in [-0.05, 0) is 37.1 Å². The fourth-order valence-corrected chi connectivity index (χ4v) is 2.38. The third-order valence-corrected chi connectivity index (χ3v) is 3.80. The molecule has 0 aliphatic carbocycles. The van der Waals surface area contributed by atoms with Gasteiger partial charge in [0.1, 0.15) is 12.4 Å². The van der Waals surface area contributed by atoms with Crippen LogP contribution >= 0.6 is 0 Å². The molecular formula is C21H29N3O2. The zero-order valence-corrected chi connectivity index (χ0v) is 15.9. The zero-order chi connectivity index (χ0) is 18.6. The molecule has 2 aromatic carbocycles. The molecule has 0 aliphatic rings. The average Bonchev–Trinajstić information content (AvgIpc) is 2.66. The third-order valence-electron chi connectivity index (χ3n) is 3.80. The monoisotopic (exact) mass is 355 g/mol. The molecular weight excluding hydrogens is 326 g/mol. The molecule has 0 radical (unpaired) electrons. The number of methoxy groups -OCH3 is 1. The quantitative estimate of drug-likeness (QED) is 0.412. The van der Waals surface area contributed by atoms with Crippen LogP contribution in [0.15, 0.2) is 53.5 Å². The molecule has 0 amide bonds. The lowest BCUT2D eigenvalue weighted by Crippen LogP contribution is -2.36. The van der Waals surface area contributed by atoms with Crippen LogP contribution in [-0.4, -0.2) is 32.8 Å². The van der Waals surface area contributed by atoms with Crippen LogP contribution in [0, 0.1) is 6.92 Å². The summed E-state index contributed by atoms with van der Waals surface area (Å²) < 4.78 is 10.7. The van der Waals surface area contributed by atoms with E-state index in [-0.39, 0.29) is 0 Å². The Labute approximate surface area is 156 Å². The number of aryl methyl sites for hydroxylation is 1. The highest BCUT2D eigenvalue weighted by molar-refractivity contribution is 5.79. The normalized spacial score (nSPS) is 11.3. The maximum atomic E-state index is 5.65. The first-order chi connectivity index (χ1) is 12.7. The molecule has 0 heterocycles. The van der Waals surface area contributed by atoms with Gasteiger partial charge in [0, 0.05) is 20.2 Å². The van der Waals surface area contributed by atoms with Gasteiger partial charge in [-0.1, -0.05) is 42.0 Å². The number of nitrogens with zero attached hydrogens (tertiary/aromatic N) is 1. The standard InChI is InChI=1S/C21H29N3O2/c1-4-22-21(23-15-18-10-8-17(2)9-11-18)24-16-19-6-5-7-20(14-19)26-13-12-25-3/h5-11,14H,4,12-13,15-16H2,1-3H3,(H2,22,23,24). The summed E-state index contributed by atoms with van der Waals surface area (Å²) in [5.41, 5.74) is 3.60. The Morgan fingerprint density at radius 1 is 1.00 bits per heavy atom. The Morgan fingerprint density at radius 3 is 2.54 bits per heavy atom. The van der Waals surface area contributed by atoms with Crippen LogP contribution in [0.4, 0.5) is 0 Å². The van der Waals surface area contributed by atoms with Gasteiger partial charge in [0.2, 0.25) is 0 Å². The second kappa shape index (κ2) is 11.2. The minimum Gasteiger partial charge on any atom is -0.491 e. The van der Waals surface area contributed by atoms with Gasteiger partial charge in [0.25, 0.3) is 0 Å². The maximum absolute atomic E-state index is 5.65. The van der Waals surface area contributed by atoms with Crippen LogP contribution in [0.25, 0.3) is 0 Å². The van der Waals surface area contributed by atoms with Crippen molar-refractivity contribution in [1.82, 2.24) is 10.6 Å². The summed E-state index contributed by atoms with van der Waals surface area (Å²) >= 11 is 0. The molecule has 26 heavy (non-hydrogen) atoms. The smallest absolute Gasteiger partial charge is 0.191 e. The SMILES string of the molecule is CCNC(=NCc1cccc(OCCOC)c1)NCc1ccc(C)cc1. The lowest BCUT2D eigenvalue weighted by Gasteiger charge is -2.12. The molecule has 0 unspecified atom stereocenters. The highest BCUT2D eigenvalue weighted by Gasteiger charge is 2.00. The van der Waals surface area contributed by atoms with Gasteiger partial charge >= 0.3 is 0 Å². The molecule has 140 valence electrons. The summed E-state index contributed by atoms with van der Waals surface area (Å²) in [5, 5.41) is 6.66. The molecule has 2 rings (SSSR count). The van der Waals surface area contributed by atoms with Crippen molar-refractivity contribution < 1.29 is 9.47 Å². The van der Waals surface area contributed by atoms with Crippen molar-refractivity contribution in [2.24, 2.45) is 4.99 Å². The zero-order valence-electron chi connectivity index (χ0n) is 15.9. The van der Waals surface area contributed by atoms with Gasteiger partial charge < -0.3 is 20.1 Å². The van der Waals surface area contributed by atoms with E-state index in [0.29, 0.717) is 19.8 Å². The van der Waals surface area contributed by atoms with Gasteiger partial charge in [-0.3, -0.25) is 0 Å². The van der Waals surface area contributed by atoms with Crippen molar-refractivity contribution >= 4 is 5.96 Å². The van der Waals surface area contributed by atoms with Crippen LogP contribution in [-0.2, 0) is 17.8 Å². The topological polar surface area (TPSA) is 54.9 Å². The van der Waals surface area contributed by atoms with Gasteiger partial charge in [-0.15, -0.1) is 0 Å². The fourth-order valence-electron chi connectivity index (χ4n) is 2.38. The summed E-state index contributed by atoms with van der Waals surface area (Å²) in [6, 6.07) is 16.5. The Bertz CT molecular complexity index is 684. The lowest BCUT2D eigenvalue weighted by atomic mass is 10.1. The van der Waals surface area contributed by atoms with E-state index in [1.165, 1.54) is 11.1 Å². The van der Waals surface area contributed by atoms with Crippen molar-refractivity contribution in [2.75, 3.05) is 26.9 Å². The molecule has 0 spiro atoms. The molecule has 0 aromatic heterocycles. The minimum atomic E-state index is 0.546. The maximum Gasteiger partial charge on any atom is 0.191 e. The molecule has 0 saturated heterocycles. The van der Waals surface area contributed by atoms with Crippen molar-refractivity contribution in [3.8, 4) is 5.75 Å². The minimum absolute atomic E-state index is 0.546. The van der Waals surface area contributed by atoms with Crippen LogP contribution in [0.3, 0.4) is 0 Å². The molecule has 0 aliphatic heterocycles. The van der Waals surface area contributed by atoms with Gasteiger partial charge in [-0.25, -0.2) is 4.99 Å². The van der Waals surface area contributed by atoms with Crippen molar-refractivity contribution in [2.45, 2.75) is 26.9 Å². The van der Waals surface area contributed by atoms with Crippen molar-refractivity contribution in [1.29, 1.82) is 0 Å². The first-order valence-electron chi connectivity index (χ1n) is 8.99. The van der Waals surface area contributed by atoms with E-state index in [1.807, 2.05) is 18.2 Å². The molecule has 0 bridgehead atoms. The number of hydrogen-bond donors (Lipinski definition) is 2. The van der Waals surface area contributed by atoms with E-state index in [4.69, 9.17) is 9.47 Å². The number of ether oxygens (including phenoxy) is 2. The molecule has 0 atom stereocenters. The van der Waals surface area contributed by atoms with Crippen LogP contribution < -0.4 is 15.4 Å². The lowest BCUT2D eigenvalue weighted by molar-refractivity contribution is 0.146. The highest BCUT2D eigenvalue weighted by atomic mass is 16.5. The second-order valence-corrected chi connectivity index (χ2v) is 6.02. The number of rotatable bonds is 9. The molecule has 0 fully saturated rings. The molecule has 2 aromatic rings. The molecule has 5 nitrogen and oxygen atoms in total. The van der Waals surface area contributed by atoms with Crippen LogP contribution in [0.1, 0.15) is 23.6 Å². The second-order valence-electron chi connectivity index (χ2n) is 6.02. The van der Waals surface area contributed by atoms with Crippen molar-refractivity contribution in [3.63, 3.8) is 0 Å². The van der Waals surface area contributed by atoms with E-state index in [0.717, 1.165) is 30.4 Å². The molecule has 0 saturated carbocycles. The number of benzene rings is 2. The highest BCUT2D eigenvalue weighted by Crippen LogP contribution is 2.14. The Morgan fingerprint density at radius 2 is 1.81 bits per heavy atom. The van der Waals surface area contributed by atoms with Crippen LogP contribution in [0.2, 0.25) is 0 Å². The third kappa shape index (κ3) is 7.15. The largest absolute Gasteiger partial charge is 0.491 e. The van der Waals surface area contributed by atoms with Gasteiger partial charge in [-0.2, -0.15) is 0 Å². The Balaban J connectivity index is 1.93. The first-order valence-corrected chi connectivity index (χ1v) is 8.99. The van der Waals surface area contributed by atoms with E-state index in [1.54, 1.807) is 7.11 Å². The summed E-state index contributed by atoms with van der Waals surface area (Å²) in [4.78, 5) is 4.67. The van der Waals surface area contributed by atoms with E-state index < -0.39 is 0 Å².